The monoisotopic (exact) mass is 242 g/mol. The first-order chi connectivity index (χ1) is 7.93. The van der Waals surface area contributed by atoms with Crippen LogP contribution in [-0.4, -0.2) is 49.8 Å². The van der Waals surface area contributed by atoms with Gasteiger partial charge in [-0.2, -0.15) is 0 Å². The molecule has 1 heterocycles. The number of likely N-dealkylation sites (tertiary alicyclic amines) is 1. The topological polar surface area (TPSA) is 35.5 Å². The zero-order chi connectivity index (χ0) is 12.9. The summed E-state index contributed by atoms with van der Waals surface area (Å²) in [6.45, 7) is 11.4. The lowest BCUT2D eigenvalue weighted by Crippen LogP contribution is -2.44. The summed E-state index contributed by atoms with van der Waals surface area (Å²) in [7, 11) is 2.20. The molecule has 0 aromatic rings. The fraction of sp³-hybridized carbons (Fsp3) is 1.00. The Labute approximate surface area is 107 Å². The molecular weight excluding hydrogens is 212 g/mol. The molecule has 2 N–H and O–H groups in total. The normalized spacial score (nSPS) is 24.5. The number of aliphatic hydroxyl groups is 1. The molecular formula is C14H30N2O. The van der Waals surface area contributed by atoms with E-state index < -0.39 is 0 Å². The number of nitrogens with zero attached hydrogens (tertiary/aromatic N) is 1. The third-order valence-corrected chi connectivity index (χ3v) is 4.53. The molecule has 1 unspecified atom stereocenters. The number of piperidine rings is 1. The summed E-state index contributed by atoms with van der Waals surface area (Å²) in [4.78, 5) is 2.41. The minimum absolute atomic E-state index is 0.0435. The molecule has 0 aromatic carbocycles. The van der Waals surface area contributed by atoms with Crippen LogP contribution >= 0.6 is 0 Å². The molecule has 0 aromatic heterocycles. The largest absolute Gasteiger partial charge is 0.396 e. The van der Waals surface area contributed by atoms with Gasteiger partial charge < -0.3 is 15.3 Å². The van der Waals surface area contributed by atoms with Crippen molar-refractivity contribution in [3.8, 4) is 0 Å². The van der Waals surface area contributed by atoms with Gasteiger partial charge in [-0.1, -0.05) is 20.8 Å². The first kappa shape index (κ1) is 14.9. The Morgan fingerprint density at radius 3 is 2.41 bits per heavy atom. The Kier molecular flexibility index (Phi) is 5.42. The molecule has 1 aliphatic rings. The van der Waals surface area contributed by atoms with Gasteiger partial charge >= 0.3 is 0 Å². The Morgan fingerprint density at radius 1 is 1.35 bits per heavy atom. The lowest BCUT2D eigenvalue weighted by Gasteiger charge is -2.39. The maximum Gasteiger partial charge on any atom is 0.0496 e. The van der Waals surface area contributed by atoms with Gasteiger partial charge in [-0.15, -0.1) is 0 Å². The van der Waals surface area contributed by atoms with Gasteiger partial charge in [-0.3, -0.25) is 0 Å². The van der Waals surface area contributed by atoms with Crippen LogP contribution in [0.25, 0.3) is 0 Å². The molecule has 1 atom stereocenters. The highest BCUT2D eigenvalue weighted by Gasteiger charge is 2.29. The minimum Gasteiger partial charge on any atom is -0.396 e. The van der Waals surface area contributed by atoms with Crippen molar-refractivity contribution in [3.05, 3.63) is 0 Å². The first-order valence-corrected chi connectivity index (χ1v) is 6.93. The second-order valence-corrected chi connectivity index (χ2v) is 6.54. The van der Waals surface area contributed by atoms with Crippen LogP contribution in [0.1, 0.15) is 40.0 Å². The summed E-state index contributed by atoms with van der Waals surface area (Å²) in [5.41, 5.74) is 0.485. The van der Waals surface area contributed by atoms with Crippen molar-refractivity contribution in [2.45, 2.75) is 40.0 Å². The van der Waals surface area contributed by atoms with Gasteiger partial charge in [-0.25, -0.2) is 0 Å². The van der Waals surface area contributed by atoms with E-state index in [9.17, 15) is 5.11 Å². The van der Waals surface area contributed by atoms with Crippen molar-refractivity contribution in [2.75, 3.05) is 39.8 Å². The summed E-state index contributed by atoms with van der Waals surface area (Å²) in [6.07, 6.45) is 3.58. The number of aliphatic hydroxyl groups excluding tert-OH is 1. The van der Waals surface area contributed by atoms with Crippen LogP contribution in [0.4, 0.5) is 0 Å². The summed E-state index contributed by atoms with van der Waals surface area (Å²) < 4.78 is 0. The van der Waals surface area contributed by atoms with Crippen molar-refractivity contribution in [2.24, 2.45) is 10.8 Å². The Hall–Kier alpha value is -0.120. The number of nitrogens with one attached hydrogen (secondary N) is 1. The summed E-state index contributed by atoms with van der Waals surface area (Å²) in [5.74, 6) is 0. The SMILES string of the molecule is CCC(C)(CO)CNCC1(C)CCN(C)CC1. The molecule has 0 amide bonds. The van der Waals surface area contributed by atoms with Crippen LogP contribution in [0.2, 0.25) is 0 Å². The quantitative estimate of drug-likeness (QED) is 0.744. The van der Waals surface area contributed by atoms with Crippen molar-refractivity contribution >= 4 is 0 Å². The van der Waals surface area contributed by atoms with Gasteiger partial charge in [0.25, 0.3) is 0 Å². The number of hydrogen-bond donors (Lipinski definition) is 2. The Balaban J connectivity index is 2.30. The van der Waals surface area contributed by atoms with Gasteiger partial charge in [0, 0.05) is 25.1 Å². The highest BCUT2D eigenvalue weighted by Crippen LogP contribution is 2.29. The Morgan fingerprint density at radius 2 is 1.94 bits per heavy atom. The molecule has 1 saturated heterocycles. The zero-order valence-electron chi connectivity index (χ0n) is 12.1. The maximum atomic E-state index is 9.37. The van der Waals surface area contributed by atoms with Crippen LogP contribution in [-0.2, 0) is 0 Å². The molecule has 0 radical (unpaired) electrons. The van der Waals surface area contributed by atoms with Crippen LogP contribution in [0, 0.1) is 10.8 Å². The van der Waals surface area contributed by atoms with Gasteiger partial charge in [0.1, 0.15) is 0 Å². The molecule has 1 aliphatic heterocycles. The highest BCUT2D eigenvalue weighted by atomic mass is 16.3. The van der Waals surface area contributed by atoms with E-state index in [0.717, 1.165) is 19.5 Å². The van der Waals surface area contributed by atoms with Crippen molar-refractivity contribution in [3.63, 3.8) is 0 Å². The van der Waals surface area contributed by atoms with E-state index in [0.29, 0.717) is 5.41 Å². The zero-order valence-corrected chi connectivity index (χ0v) is 12.1. The lowest BCUT2D eigenvalue weighted by atomic mass is 9.80. The molecule has 0 saturated carbocycles. The molecule has 3 nitrogen and oxygen atoms in total. The van der Waals surface area contributed by atoms with Gasteiger partial charge in [-0.05, 0) is 44.8 Å². The first-order valence-electron chi connectivity index (χ1n) is 6.93. The van der Waals surface area contributed by atoms with Crippen LogP contribution in [0.5, 0.6) is 0 Å². The predicted octanol–water partition coefficient (Wildman–Crippen LogP) is 1.72. The third-order valence-electron chi connectivity index (χ3n) is 4.53. The maximum absolute atomic E-state index is 9.37. The van der Waals surface area contributed by atoms with Crippen molar-refractivity contribution < 1.29 is 5.11 Å². The molecule has 1 rings (SSSR count). The van der Waals surface area contributed by atoms with Crippen LogP contribution in [0.15, 0.2) is 0 Å². The fourth-order valence-corrected chi connectivity index (χ4v) is 2.29. The lowest BCUT2D eigenvalue weighted by molar-refractivity contribution is 0.111. The van der Waals surface area contributed by atoms with E-state index in [4.69, 9.17) is 0 Å². The molecule has 0 aliphatic carbocycles. The number of hydrogen-bond acceptors (Lipinski definition) is 3. The van der Waals surface area contributed by atoms with E-state index in [1.54, 1.807) is 0 Å². The second-order valence-electron chi connectivity index (χ2n) is 6.54. The average molecular weight is 242 g/mol. The molecule has 0 spiro atoms. The van der Waals surface area contributed by atoms with Gasteiger partial charge in [0.05, 0.1) is 0 Å². The standard InChI is InChI=1S/C14H30N2O/c1-5-13(2,12-17)10-15-11-14(3)6-8-16(4)9-7-14/h15,17H,5-12H2,1-4H3. The van der Waals surface area contributed by atoms with E-state index in [1.807, 2.05) is 0 Å². The van der Waals surface area contributed by atoms with E-state index >= 15 is 0 Å². The van der Waals surface area contributed by atoms with Crippen molar-refractivity contribution in [1.82, 2.24) is 10.2 Å². The third kappa shape index (κ3) is 4.57. The Bertz CT molecular complexity index is 218. The molecule has 17 heavy (non-hydrogen) atoms. The minimum atomic E-state index is 0.0435. The molecule has 3 heteroatoms. The summed E-state index contributed by atoms with van der Waals surface area (Å²) >= 11 is 0. The average Bonchev–Trinajstić information content (AvgIpc) is 2.33. The van der Waals surface area contributed by atoms with Gasteiger partial charge in [0.2, 0.25) is 0 Å². The fourth-order valence-electron chi connectivity index (χ4n) is 2.29. The van der Waals surface area contributed by atoms with Crippen LogP contribution < -0.4 is 5.32 Å². The highest BCUT2D eigenvalue weighted by molar-refractivity contribution is 4.84. The molecule has 1 fully saturated rings. The molecule has 102 valence electrons. The summed E-state index contributed by atoms with van der Waals surface area (Å²) in [6, 6.07) is 0. The van der Waals surface area contributed by atoms with Crippen LogP contribution in [0.3, 0.4) is 0 Å². The molecule has 0 bridgehead atoms. The number of rotatable bonds is 6. The van der Waals surface area contributed by atoms with E-state index in [2.05, 4.69) is 38.0 Å². The van der Waals surface area contributed by atoms with E-state index in [1.165, 1.54) is 25.9 Å². The van der Waals surface area contributed by atoms with Crippen molar-refractivity contribution in [1.29, 1.82) is 0 Å². The smallest absolute Gasteiger partial charge is 0.0496 e. The van der Waals surface area contributed by atoms with E-state index in [-0.39, 0.29) is 12.0 Å². The van der Waals surface area contributed by atoms with Gasteiger partial charge in [0.15, 0.2) is 0 Å². The predicted molar refractivity (Wildman–Crippen MR) is 73.2 cm³/mol. The summed E-state index contributed by atoms with van der Waals surface area (Å²) in [5, 5.41) is 12.9. The second kappa shape index (κ2) is 6.17.